The minimum Gasteiger partial charge on any atom is -0.353 e. The van der Waals surface area contributed by atoms with Gasteiger partial charge in [0, 0.05) is 18.5 Å². The van der Waals surface area contributed by atoms with Gasteiger partial charge in [0.2, 0.25) is 5.91 Å². The summed E-state index contributed by atoms with van der Waals surface area (Å²) in [6.45, 7) is 2.72. The summed E-state index contributed by atoms with van der Waals surface area (Å²) in [4.78, 5) is 11.6. The average Bonchev–Trinajstić information content (AvgIpc) is 2.19. The van der Waals surface area contributed by atoms with E-state index >= 15 is 0 Å². The first-order valence-corrected chi connectivity index (χ1v) is 6.42. The fraction of sp³-hybridized carbons (Fsp3) is 0.900. The molecule has 1 aliphatic heterocycles. The van der Waals surface area contributed by atoms with Crippen molar-refractivity contribution < 1.29 is 4.79 Å². The van der Waals surface area contributed by atoms with Gasteiger partial charge in [-0.05, 0) is 31.4 Å². The van der Waals surface area contributed by atoms with E-state index in [2.05, 4.69) is 10.6 Å². The largest absolute Gasteiger partial charge is 0.353 e. The number of carbonyl (C=O) groups excluding carboxylic acids is 1. The molecule has 0 radical (unpaired) electrons. The molecule has 1 heterocycles. The highest BCUT2D eigenvalue weighted by atomic mass is 32.2. The number of rotatable bonds is 4. The summed E-state index contributed by atoms with van der Waals surface area (Å²) in [5.41, 5.74) is 0. The van der Waals surface area contributed by atoms with Gasteiger partial charge in [0.1, 0.15) is 0 Å². The SMILES string of the molecule is CNCC(C)C(=O)NC1CCSCC1. The van der Waals surface area contributed by atoms with Gasteiger partial charge in [0.25, 0.3) is 0 Å². The number of nitrogens with one attached hydrogen (secondary N) is 2. The molecule has 3 nitrogen and oxygen atoms in total. The Balaban J connectivity index is 2.24. The third kappa shape index (κ3) is 3.88. The first-order chi connectivity index (χ1) is 6.74. The van der Waals surface area contributed by atoms with Gasteiger partial charge in [-0.3, -0.25) is 4.79 Å². The molecule has 0 aliphatic carbocycles. The van der Waals surface area contributed by atoms with Crippen molar-refractivity contribution in [1.82, 2.24) is 10.6 Å². The summed E-state index contributed by atoms with van der Waals surface area (Å²) in [6.07, 6.45) is 2.26. The van der Waals surface area contributed by atoms with Gasteiger partial charge in [-0.1, -0.05) is 6.92 Å². The zero-order valence-corrected chi connectivity index (χ0v) is 9.82. The Labute approximate surface area is 90.4 Å². The quantitative estimate of drug-likeness (QED) is 0.732. The van der Waals surface area contributed by atoms with Crippen LogP contribution in [0.3, 0.4) is 0 Å². The zero-order chi connectivity index (χ0) is 10.4. The van der Waals surface area contributed by atoms with Crippen LogP contribution >= 0.6 is 11.8 Å². The molecule has 1 unspecified atom stereocenters. The second-order valence-electron chi connectivity index (χ2n) is 3.85. The molecular weight excluding hydrogens is 196 g/mol. The maximum atomic E-state index is 11.6. The Morgan fingerprint density at radius 3 is 2.71 bits per heavy atom. The van der Waals surface area contributed by atoms with Crippen LogP contribution in [0, 0.1) is 5.92 Å². The van der Waals surface area contributed by atoms with Crippen LogP contribution < -0.4 is 10.6 Å². The highest BCUT2D eigenvalue weighted by molar-refractivity contribution is 7.99. The van der Waals surface area contributed by atoms with E-state index in [1.54, 1.807) is 0 Å². The van der Waals surface area contributed by atoms with Crippen LogP contribution in [0.4, 0.5) is 0 Å². The van der Waals surface area contributed by atoms with Crippen LogP contribution in [-0.4, -0.2) is 37.0 Å². The van der Waals surface area contributed by atoms with Crippen LogP contribution in [0.5, 0.6) is 0 Å². The van der Waals surface area contributed by atoms with Crippen molar-refractivity contribution in [2.75, 3.05) is 25.1 Å². The van der Waals surface area contributed by atoms with Crippen molar-refractivity contribution in [3.05, 3.63) is 0 Å². The minimum atomic E-state index is 0.0783. The van der Waals surface area contributed by atoms with E-state index in [0.717, 1.165) is 19.4 Å². The first-order valence-electron chi connectivity index (χ1n) is 5.26. The topological polar surface area (TPSA) is 41.1 Å². The molecule has 0 aromatic carbocycles. The van der Waals surface area contributed by atoms with Gasteiger partial charge >= 0.3 is 0 Å². The van der Waals surface area contributed by atoms with E-state index in [1.165, 1.54) is 11.5 Å². The van der Waals surface area contributed by atoms with Gasteiger partial charge in [-0.15, -0.1) is 0 Å². The van der Waals surface area contributed by atoms with Crippen LogP contribution in [0.15, 0.2) is 0 Å². The molecule has 0 bridgehead atoms. The van der Waals surface area contributed by atoms with Gasteiger partial charge in [-0.2, -0.15) is 11.8 Å². The monoisotopic (exact) mass is 216 g/mol. The highest BCUT2D eigenvalue weighted by Crippen LogP contribution is 2.17. The summed E-state index contributed by atoms with van der Waals surface area (Å²) in [5.74, 6) is 2.64. The molecule has 4 heteroatoms. The molecule has 1 atom stereocenters. The number of carbonyl (C=O) groups is 1. The van der Waals surface area contributed by atoms with Crippen molar-refractivity contribution >= 4 is 17.7 Å². The van der Waals surface area contributed by atoms with E-state index in [1.807, 2.05) is 25.7 Å². The minimum absolute atomic E-state index is 0.0783. The van der Waals surface area contributed by atoms with Crippen LogP contribution in [0.2, 0.25) is 0 Å². The molecule has 0 saturated carbocycles. The summed E-state index contributed by atoms with van der Waals surface area (Å²) in [5, 5.41) is 6.13. The first kappa shape index (κ1) is 11.9. The number of thioether (sulfide) groups is 1. The van der Waals surface area contributed by atoms with E-state index in [4.69, 9.17) is 0 Å². The van der Waals surface area contributed by atoms with Gasteiger partial charge < -0.3 is 10.6 Å². The molecule has 2 N–H and O–H groups in total. The number of amides is 1. The smallest absolute Gasteiger partial charge is 0.224 e. The predicted octanol–water partition coefficient (Wildman–Crippen LogP) is 0.854. The Hall–Kier alpha value is -0.220. The highest BCUT2D eigenvalue weighted by Gasteiger charge is 2.18. The molecule has 14 heavy (non-hydrogen) atoms. The summed E-state index contributed by atoms with van der Waals surface area (Å²) < 4.78 is 0. The standard InChI is InChI=1S/C10H20N2OS/c1-8(7-11-2)10(13)12-9-3-5-14-6-4-9/h8-9,11H,3-7H2,1-2H3,(H,12,13). The Morgan fingerprint density at radius 2 is 2.14 bits per heavy atom. The van der Waals surface area contributed by atoms with E-state index in [9.17, 15) is 4.79 Å². The fourth-order valence-corrected chi connectivity index (χ4v) is 2.69. The average molecular weight is 216 g/mol. The molecule has 0 spiro atoms. The van der Waals surface area contributed by atoms with Crippen LogP contribution in [0.1, 0.15) is 19.8 Å². The van der Waals surface area contributed by atoms with E-state index in [-0.39, 0.29) is 11.8 Å². The summed E-state index contributed by atoms with van der Waals surface area (Å²) in [6, 6.07) is 0.419. The lowest BCUT2D eigenvalue weighted by Gasteiger charge is -2.24. The molecular formula is C10H20N2OS. The fourth-order valence-electron chi connectivity index (χ4n) is 1.58. The molecule has 1 aliphatic rings. The second kappa shape index (κ2) is 6.30. The number of hydrogen-bond donors (Lipinski definition) is 2. The van der Waals surface area contributed by atoms with Gasteiger partial charge in [0.15, 0.2) is 0 Å². The Morgan fingerprint density at radius 1 is 1.50 bits per heavy atom. The Bertz CT molecular complexity index is 181. The lowest BCUT2D eigenvalue weighted by atomic mass is 10.1. The lowest BCUT2D eigenvalue weighted by molar-refractivity contribution is -0.125. The molecule has 1 amide bonds. The third-order valence-electron chi connectivity index (χ3n) is 2.53. The molecule has 82 valence electrons. The zero-order valence-electron chi connectivity index (χ0n) is 9.01. The summed E-state index contributed by atoms with van der Waals surface area (Å²) >= 11 is 1.98. The molecule has 1 fully saturated rings. The predicted molar refractivity (Wildman–Crippen MR) is 61.6 cm³/mol. The van der Waals surface area contributed by atoms with Crippen molar-refractivity contribution in [2.45, 2.75) is 25.8 Å². The Kier molecular flexibility index (Phi) is 5.33. The second-order valence-corrected chi connectivity index (χ2v) is 5.08. The summed E-state index contributed by atoms with van der Waals surface area (Å²) in [7, 11) is 1.88. The van der Waals surface area contributed by atoms with Gasteiger partial charge in [0.05, 0.1) is 0 Å². The molecule has 0 aromatic heterocycles. The van der Waals surface area contributed by atoms with Crippen LogP contribution in [-0.2, 0) is 4.79 Å². The molecule has 0 aromatic rings. The lowest BCUT2D eigenvalue weighted by Crippen LogP contribution is -2.42. The number of hydrogen-bond acceptors (Lipinski definition) is 3. The molecule has 1 rings (SSSR count). The van der Waals surface area contributed by atoms with Gasteiger partial charge in [-0.25, -0.2) is 0 Å². The van der Waals surface area contributed by atoms with Crippen LogP contribution in [0.25, 0.3) is 0 Å². The van der Waals surface area contributed by atoms with E-state index in [0.29, 0.717) is 6.04 Å². The van der Waals surface area contributed by atoms with Crippen molar-refractivity contribution in [1.29, 1.82) is 0 Å². The third-order valence-corrected chi connectivity index (χ3v) is 3.57. The molecule has 1 saturated heterocycles. The van der Waals surface area contributed by atoms with Crippen molar-refractivity contribution in [2.24, 2.45) is 5.92 Å². The maximum absolute atomic E-state index is 11.6. The normalized spacial score (nSPS) is 20.4. The van der Waals surface area contributed by atoms with Crippen molar-refractivity contribution in [3.63, 3.8) is 0 Å². The van der Waals surface area contributed by atoms with Crippen molar-refractivity contribution in [3.8, 4) is 0 Å². The maximum Gasteiger partial charge on any atom is 0.224 e. The van der Waals surface area contributed by atoms with E-state index < -0.39 is 0 Å².